The van der Waals surface area contributed by atoms with Crippen LogP contribution in [0.3, 0.4) is 0 Å². The van der Waals surface area contributed by atoms with Gasteiger partial charge in [0.2, 0.25) is 0 Å². The summed E-state index contributed by atoms with van der Waals surface area (Å²) < 4.78 is 65.3. The molecule has 0 aliphatic carbocycles. The van der Waals surface area contributed by atoms with Gasteiger partial charge < -0.3 is 41.7 Å². The first-order valence-electron chi connectivity index (χ1n) is 13.3. The van der Waals surface area contributed by atoms with Crippen LogP contribution in [0.5, 0.6) is 0 Å². The SMILES string of the molecule is NCCCO/N=C(\C(=O)N[C@@H]1C(=O)N2C(C(=O)O)=C(C[n+]3ccccc3)CS[C@@H]12)c1nc(N)sc1Cl.O=C(O)C(F)(F)F.O=C([O-])C(F)(F)F. The number of nitrogens with one attached hydrogen (secondary N) is 1. The number of fused-ring (bicyclic) bond motifs is 1. The summed E-state index contributed by atoms with van der Waals surface area (Å²) >= 11 is 8.50. The number of hydrogen-bond acceptors (Lipinski definition) is 13. The number of amides is 2. The molecule has 2 amide bonds. The lowest BCUT2D eigenvalue weighted by Gasteiger charge is -2.49. The molecule has 1 saturated heterocycles. The highest BCUT2D eigenvalue weighted by atomic mass is 35.5. The number of carbonyl (C=O) groups is 5. The van der Waals surface area contributed by atoms with Gasteiger partial charge in [-0.3, -0.25) is 14.5 Å². The van der Waals surface area contributed by atoms with E-state index in [-0.39, 0.29) is 33.2 Å². The fraction of sp³-hybridized carbons (Fsp3) is 0.360. The van der Waals surface area contributed by atoms with E-state index in [2.05, 4.69) is 15.5 Å². The summed E-state index contributed by atoms with van der Waals surface area (Å²) in [6, 6.07) is 4.56. The van der Waals surface area contributed by atoms with Crippen molar-refractivity contribution in [1.82, 2.24) is 15.2 Å². The van der Waals surface area contributed by atoms with E-state index >= 15 is 0 Å². The highest BCUT2D eigenvalue weighted by Crippen LogP contribution is 2.40. The minimum atomic E-state index is -5.19. The largest absolute Gasteiger partial charge is 0.542 e. The number of aromatic nitrogens is 2. The second-order valence-corrected chi connectivity index (χ2v) is 12.1. The summed E-state index contributed by atoms with van der Waals surface area (Å²) in [5, 5.41) is 31.8. The first kappa shape index (κ1) is 41.5. The first-order valence-corrected chi connectivity index (χ1v) is 15.5. The standard InChI is InChI=1S/C21H22ClN7O5S2.2C2HF3O2/c22-16-12(26-21(24)36-16)13(27-34-8-4-5-23)17(30)25-14-18(31)29-15(20(32)33)11(10-35-19(14)29)9-28-6-2-1-3-7-28;2*3-2(4,5)1(6)7/h1-3,6-7,14,19H,4-5,8-10,23H2,(H3-,24,25,26,30,32,33);2*(H,6,7)/b27-13-;;/t14-,19+;;/m1../s1. The number of nitrogens with two attached hydrogens (primary N) is 2. The minimum absolute atomic E-state index is 0.0256. The molecule has 25 heteroatoms. The fourth-order valence-corrected chi connectivity index (χ4v) is 5.95. The van der Waals surface area contributed by atoms with Gasteiger partial charge in [-0.2, -0.15) is 26.3 Å². The maximum atomic E-state index is 13.1. The Morgan fingerprint density at radius 3 is 2.18 bits per heavy atom. The van der Waals surface area contributed by atoms with Gasteiger partial charge in [0.15, 0.2) is 29.8 Å². The molecule has 2 aromatic heterocycles. The summed E-state index contributed by atoms with van der Waals surface area (Å²) in [7, 11) is 0. The van der Waals surface area contributed by atoms with E-state index in [9.17, 15) is 45.8 Å². The molecule has 7 N–H and O–H groups in total. The van der Waals surface area contributed by atoms with Crippen molar-refractivity contribution in [3.8, 4) is 0 Å². The van der Waals surface area contributed by atoms with Crippen LogP contribution in [0.4, 0.5) is 31.5 Å². The molecule has 2 aliphatic heterocycles. The van der Waals surface area contributed by atoms with E-state index in [0.29, 0.717) is 30.8 Å². The summed E-state index contributed by atoms with van der Waals surface area (Å²) in [6.45, 7) is 0.856. The Kier molecular flexibility index (Phi) is 14.8. The monoisotopic (exact) mass is 779 g/mol. The lowest BCUT2D eigenvalue weighted by atomic mass is 10.0. The Bertz CT molecular complexity index is 1620. The van der Waals surface area contributed by atoms with Gasteiger partial charge in [0.05, 0.1) is 0 Å². The Morgan fingerprint density at radius 2 is 1.72 bits per heavy atom. The Labute approximate surface area is 289 Å². The second-order valence-electron chi connectivity index (χ2n) is 9.34. The summed E-state index contributed by atoms with van der Waals surface area (Å²) in [5.41, 5.74) is 11.5. The quantitative estimate of drug-likeness (QED) is 0.0537. The van der Waals surface area contributed by atoms with Gasteiger partial charge in [0.1, 0.15) is 39.7 Å². The van der Waals surface area contributed by atoms with Gasteiger partial charge >= 0.3 is 24.3 Å². The number of aliphatic carboxylic acids is 3. The molecule has 4 rings (SSSR count). The molecule has 50 heavy (non-hydrogen) atoms. The van der Waals surface area contributed by atoms with Crippen molar-refractivity contribution in [2.75, 3.05) is 24.6 Å². The average Bonchev–Trinajstić information content (AvgIpc) is 3.36. The van der Waals surface area contributed by atoms with Crippen molar-refractivity contribution in [3.05, 3.63) is 51.9 Å². The molecule has 1 fully saturated rings. The van der Waals surface area contributed by atoms with E-state index in [1.807, 2.05) is 35.2 Å². The lowest BCUT2D eigenvalue weighted by Crippen LogP contribution is -2.71. The molecular weight excluding hydrogens is 756 g/mol. The van der Waals surface area contributed by atoms with Crippen LogP contribution >= 0.6 is 34.7 Å². The lowest BCUT2D eigenvalue weighted by molar-refractivity contribution is -0.689. The second kappa shape index (κ2) is 17.8. The predicted molar refractivity (Wildman–Crippen MR) is 159 cm³/mol. The number of oxime groups is 1. The van der Waals surface area contributed by atoms with E-state index in [0.717, 1.165) is 11.3 Å². The third kappa shape index (κ3) is 11.4. The molecule has 0 saturated carbocycles. The van der Waals surface area contributed by atoms with Crippen LogP contribution in [0.25, 0.3) is 0 Å². The van der Waals surface area contributed by atoms with Gasteiger partial charge in [0, 0.05) is 23.5 Å². The minimum Gasteiger partial charge on any atom is -0.542 e. The van der Waals surface area contributed by atoms with E-state index in [4.69, 9.17) is 47.7 Å². The van der Waals surface area contributed by atoms with Crippen LogP contribution in [-0.2, 0) is 35.4 Å². The van der Waals surface area contributed by atoms with Crippen LogP contribution in [0.2, 0.25) is 4.34 Å². The zero-order valence-corrected chi connectivity index (χ0v) is 27.1. The van der Waals surface area contributed by atoms with Crippen molar-refractivity contribution in [1.29, 1.82) is 0 Å². The Hall–Kier alpha value is -4.68. The molecule has 0 radical (unpaired) electrons. The van der Waals surface area contributed by atoms with Gasteiger partial charge in [-0.1, -0.05) is 34.2 Å². The third-order valence-electron chi connectivity index (χ3n) is 5.80. The number of nitrogens with zero attached hydrogens (tertiary/aromatic N) is 4. The molecule has 0 aromatic carbocycles. The zero-order valence-electron chi connectivity index (χ0n) is 24.7. The third-order valence-corrected chi connectivity index (χ3v) is 8.22. The average molecular weight is 780 g/mol. The smallest absolute Gasteiger partial charge is 0.490 e. The van der Waals surface area contributed by atoms with E-state index < -0.39 is 53.5 Å². The van der Waals surface area contributed by atoms with E-state index in [1.54, 1.807) is 0 Å². The number of nitrogen functional groups attached to an aromatic ring is 1. The number of carboxylic acids is 3. The van der Waals surface area contributed by atoms with E-state index in [1.165, 1.54) is 16.7 Å². The molecule has 2 aliphatic rings. The molecule has 16 nitrogen and oxygen atoms in total. The van der Waals surface area contributed by atoms with Crippen LogP contribution in [0, 0.1) is 0 Å². The summed E-state index contributed by atoms with van der Waals surface area (Å²) in [4.78, 5) is 66.4. The number of rotatable bonds is 10. The highest BCUT2D eigenvalue weighted by Gasteiger charge is 2.55. The number of thioether (sulfide) groups is 1. The van der Waals surface area contributed by atoms with Crippen molar-refractivity contribution in [2.24, 2.45) is 10.9 Å². The number of carboxylic acid groups (broad SMARTS) is 3. The topological polar surface area (TPSA) is 255 Å². The number of thiazole rings is 1. The fourth-order valence-electron chi connectivity index (χ4n) is 3.69. The van der Waals surface area contributed by atoms with Crippen LogP contribution < -0.4 is 26.5 Å². The molecule has 2 atom stereocenters. The number of alkyl halides is 6. The first-order chi connectivity index (χ1) is 23.2. The van der Waals surface area contributed by atoms with Gasteiger partial charge in [0.25, 0.3) is 11.8 Å². The predicted octanol–water partition coefficient (Wildman–Crippen LogP) is 0.106. The number of carbonyl (C=O) groups excluding carboxylic acids is 3. The molecule has 274 valence electrons. The summed E-state index contributed by atoms with van der Waals surface area (Å²) in [6.07, 6.45) is -6.14. The number of hydrogen-bond donors (Lipinski definition) is 5. The van der Waals surface area contributed by atoms with Gasteiger partial charge in [-0.15, -0.1) is 11.8 Å². The number of anilines is 1. The van der Waals surface area contributed by atoms with Crippen molar-refractivity contribution >= 4 is 75.3 Å². The molecule has 0 unspecified atom stereocenters. The van der Waals surface area contributed by atoms with Gasteiger partial charge in [-0.05, 0) is 13.0 Å². The maximum Gasteiger partial charge on any atom is 0.490 e. The molecular formula is C25H24ClF6N7O9S2. The van der Waals surface area contributed by atoms with Crippen LogP contribution in [0.15, 0.2) is 47.0 Å². The molecule has 2 aromatic rings. The van der Waals surface area contributed by atoms with Crippen molar-refractivity contribution < 1.29 is 75.0 Å². The molecule has 0 bridgehead atoms. The summed E-state index contributed by atoms with van der Waals surface area (Å²) in [5.74, 6) is -7.88. The number of pyridine rings is 1. The Balaban J connectivity index is 0.000000521. The molecule has 4 heterocycles. The van der Waals surface area contributed by atoms with Gasteiger partial charge in [-0.25, -0.2) is 19.1 Å². The zero-order chi connectivity index (χ0) is 38.0. The normalized spacial score (nSPS) is 17.2. The van der Waals surface area contributed by atoms with Crippen molar-refractivity contribution in [2.45, 2.75) is 36.7 Å². The van der Waals surface area contributed by atoms with Crippen LogP contribution in [-0.4, -0.2) is 98.2 Å². The maximum absolute atomic E-state index is 13.1. The van der Waals surface area contributed by atoms with Crippen molar-refractivity contribution in [3.63, 3.8) is 0 Å². The van der Waals surface area contributed by atoms with Crippen LogP contribution in [0.1, 0.15) is 12.1 Å². The molecule has 0 spiro atoms. The highest BCUT2D eigenvalue weighted by molar-refractivity contribution is 8.00. The number of halogens is 7. The Morgan fingerprint density at radius 1 is 1.14 bits per heavy atom. The number of β-lactam (4-membered cyclic amide) rings is 1.